The first kappa shape index (κ1) is 13.3. The second-order valence-corrected chi connectivity index (χ2v) is 6.47. The van der Waals surface area contributed by atoms with Crippen LogP contribution >= 0.6 is 11.8 Å². The summed E-state index contributed by atoms with van der Waals surface area (Å²) in [5.74, 6) is 1.21. The van der Waals surface area contributed by atoms with Gasteiger partial charge in [0.25, 0.3) is 0 Å². The lowest BCUT2D eigenvalue weighted by Gasteiger charge is -2.23. The van der Waals surface area contributed by atoms with E-state index in [1.807, 2.05) is 11.8 Å². The summed E-state index contributed by atoms with van der Waals surface area (Å²) in [6.45, 7) is 5.51. The van der Waals surface area contributed by atoms with Crippen molar-refractivity contribution in [1.29, 1.82) is 0 Å². The van der Waals surface area contributed by atoms with Gasteiger partial charge in [0.05, 0.1) is 0 Å². The molecule has 2 atom stereocenters. The molecule has 1 aliphatic carbocycles. The van der Waals surface area contributed by atoms with E-state index in [0.717, 1.165) is 6.54 Å². The predicted octanol–water partition coefficient (Wildman–Crippen LogP) is 2.24. The van der Waals surface area contributed by atoms with Gasteiger partial charge in [-0.05, 0) is 43.1 Å². The van der Waals surface area contributed by atoms with Gasteiger partial charge in [0, 0.05) is 18.6 Å². The second-order valence-electron chi connectivity index (χ2n) is 5.48. The molecule has 0 radical (unpaired) electrons. The van der Waals surface area contributed by atoms with Gasteiger partial charge >= 0.3 is 0 Å². The van der Waals surface area contributed by atoms with Gasteiger partial charge in [-0.1, -0.05) is 13.8 Å². The molecule has 0 bridgehead atoms. The number of thioether (sulfide) groups is 1. The van der Waals surface area contributed by atoms with Crippen molar-refractivity contribution in [3.8, 4) is 0 Å². The quantitative estimate of drug-likeness (QED) is 0.735. The van der Waals surface area contributed by atoms with Crippen molar-refractivity contribution in [3.63, 3.8) is 0 Å². The molecule has 90 valence electrons. The van der Waals surface area contributed by atoms with E-state index in [2.05, 4.69) is 25.4 Å². The van der Waals surface area contributed by atoms with Gasteiger partial charge in [-0.15, -0.1) is 0 Å². The van der Waals surface area contributed by atoms with Crippen molar-refractivity contribution in [2.45, 2.75) is 51.6 Å². The van der Waals surface area contributed by atoms with Crippen LogP contribution in [0, 0.1) is 5.41 Å². The summed E-state index contributed by atoms with van der Waals surface area (Å²) in [5.41, 5.74) is 6.33. The molecular formula is C12H26N2S. The van der Waals surface area contributed by atoms with Gasteiger partial charge in [-0.25, -0.2) is 0 Å². The molecule has 15 heavy (non-hydrogen) atoms. The first-order valence-corrected chi connectivity index (χ1v) is 7.42. The van der Waals surface area contributed by atoms with Gasteiger partial charge in [0.2, 0.25) is 0 Å². The molecule has 0 aromatic rings. The lowest BCUT2D eigenvalue weighted by atomic mass is 9.92. The fourth-order valence-electron chi connectivity index (χ4n) is 2.44. The van der Waals surface area contributed by atoms with E-state index in [1.165, 1.54) is 31.4 Å². The van der Waals surface area contributed by atoms with Crippen molar-refractivity contribution in [1.82, 2.24) is 5.32 Å². The van der Waals surface area contributed by atoms with Crippen LogP contribution < -0.4 is 11.1 Å². The van der Waals surface area contributed by atoms with Crippen molar-refractivity contribution >= 4 is 11.8 Å². The Labute approximate surface area is 98.8 Å². The molecule has 2 nitrogen and oxygen atoms in total. The lowest BCUT2D eigenvalue weighted by molar-refractivity contribution is 0.350. The average molecular weight is 230 g/mol. The number of rotatable bonds is 6. The topological polar surface area (TPSA) is 38.0 Å². The van der Waals surface area contributed by atoms with Crippen LogP contribution in [0.15, 0.2) is 0 Å². The Morgan fingerprint density at radius 2 is 2.27 bits per heavy atom. The maximum atomic E-state index is 5.79. The molecule has 1 rings (SSSR count). The highest BCUT2D eigenvalue weighted by Crippen LogP contribution is 2.37. The normalized spacial score (nSPS) is 26.8. The first-order chi connectivity index (χ1) is 7.07. The summed E-state index contributed by atoms with van der Waals surface area (Å²) in [6.07, 6.45) is 7.34. The molecule has 1 saturated carbocycles. The lowest BCUT2D eigenvalue weighted by Crippen LogP contribution is -2.42. The van der Waals surface area contributed by atoms with Crippen LogP contribution in [0.3, 0.4) is 0 Å². The molecule has 3 heteroatoms. The Hall–Kier alpha value is 0.270. The van der Waals surface area contributed by atoms with Crippen LogP contribution in [0.4, 0.5) is 0 Å². The Balaban J connectivity index is 2.27. The fourth-order valence-corrected chi connectivity index (χ4v) is 2.96. The molecule has 0 heterocycles. The Kier molecular flexibility index (Phi) is 5.44. The molecule has 0 amide bonds. The maximum absolute atomic E-state index is 5.79. The minimum Gasteiger partial charge on any atom is -0.329 e. The van der Waals surface area contributed by atoms with Crippen LogP contribution in [0.1, 0.15) is 39.5 Å². The molecule has 1 fully saturated rings. The third kappa shape index (κ3) is 4.75. The van der Waals surface area contributed by atoms with Crippen LogP contribution in [-0.4, -0.2) is 30.6 Å². The molecule has 3 N–H and O–H groups in total. The van der Waals surface area contributed by atoms with Gasteiger partial charge in [-0.2, -0.15) is 11.8 Å². The SMILES string of the molecule is CSCCC(CN)NC1CCC(C)(C)C1. The summed E-state index contributed by atoms with van der Waals surface area (Å²) in [5, 5.41) is 3.72. The van der Waals surface area contributed by atoms with Crippen LogP contribution in [-0.2, 0) is 0 Å². The zero-order chi connectivity index (χ0) is 11.3. The van der Waals surface area contributed by atoms with Crippen molar-refractivity contribution in [2.75, 3.05) is 18.6 Å². The smallest absolute Gasteiger partial charge is 0.0200 e. The fraction of sp³-hybridized carbons (Fsp3) is 1.00. The van der Waals surface area contributed by atoms with E-state index in [1.54, 1.807) is 0 Å². The number of nitrogens with one attached hydrogen (secondary N) is 1. The monoisotopic (exact) mass is 230 g/mol. The van der Waals surface area contributed by atoms with Crippen molar-refractivity contribution in [2.24, 2.45) is 11.1 Å². The summed E-state index contributed by atoms with van der Waals surface area (Å²) in [4.78, 5) is 0. The molecule has 0 aromatic carbocycles. The molecule has 1 aliphatic rings. The van der Waals surface area contributed by atoms with Gasteiger partial charge in [0.1, 0.15) is 0 Å². The van der Waals surface area contributed by atoms with E-state index in [-0.39, 0.29) is 0 Å². The van der Waals surface area contributed by atoms with Gasteiger partial charge in [-0.3, -0.25) is 0 Å². The third-order valence-corrected chi connectivity index (χ3v) is 4.04. The number of hydrogen-bond donors (Lipinski definition) is 2. The van der Waals surface area contributed by atoms with Crippen LogP contribution in [0.25, 0.3) is 0 Å². The van der Waals surface area contributed by atoms with E-state index >= 15 is 0 Å². The van der Waals surface area contributed by atoms with Gasteiger partial charge in [0.15, 0.2) is 0 Å². The highest BCUT2D eigenvalue weighted by atomic mass is 32.2. The zero-order valence-electron chi connectivity index (χ0n) is 10.4. The number of nitrogens with two attached hydrogens (primary N) is 1. The van der Waals surface area contributed by atoms with Crippen molar-refractivity contribution < 1.29 is 0 Å². The molecule has 0 saturated heterocycles. The summed E-state index contributed by atoms with van der Waals surface area (Å²) in [6, 6.07) is 1.23. The highest BCUT2D eigenvalue weighted by Gasteiger charge is 2.31. The van der Waals surface area contributed by atoms with E-state index in [4.69, 9.17) is 5.73 Å². The van der Waals surface area contributed by atoms with E-state index in [0.29, 0.717) is 17.5 Å². The Morgan fingerprint density at radius 1 is 1.53 bits per heavy atom. The molecular weight excluding hydrogens is 204 g/mol. The Bertz CT molecular complexity index is 182. The molecule has 2 unspecified atom stereocenters. The van der Waals surface area contributed by atoms with Crippen molar-refractivity contribution in [3.05, 3.63) is 0 Å². The summed E-state index contributed by atoms with van der Waals surface area (Å²) in [7, 11) is 0. The molecule has 0 aromatic heterocycles. The summed E-state index contributed by atoms with van der Waals surface area (Å²) < 4.78 is 0. The summed E-state index contributed by atoms with van der Waals surface area (Å²) >= 11 is 1.91. The standard InChI is InChI=1S/C12H26N2S/c1-12(2)6-4-10(8-12)14-11(9-13)5-7-15-3/h10-11,14H,4-9,13H2,1-3H3. The van der Waals surface area contributed by atoms with Crippen LogP contribution in [0.5, 0.6) is 0 Å². The predicted molar refractivity (Wildman–Crippen MR) is 70.4 cm³/mol. The van der Waals surface area contributed by atoms with Crippen LogP contribution in [0.2, 0.25) is 0 Å². The molecule has 0 spiro atoms. The number of hydrogen-bond acceptors (Lipinski definition) is 3. The largest absolute Gasteiger partial charge is 0.329 e. The average Bonchev–Trinajstić information content (AvgIpc) is 2.52. The minimum atomic E-state index is 0.524. The second kappa shape index (κ2) is 6.12. The Morgan fingerprint density at radius 3 is 2.73 bits per heavy atom. The van der Waals surface area contributed by atoms with Gasteiger partial charge < -0.3 is 11.1 Å². The molecule has 0 aliphatic heterocycles. The first-order valence-electron chi connectivity index (χ1n) is 6.02. The minimum absolute atomic E-state index is 0.524. The zero-order valence-corrected chi connectivity index (χ0v) is 11.2. The van der Waals surface area contributed by atoms with E-state index in [9.17, 15) is 0 Å². The third-order valence-electron chi connectivity index (χ3n) is 3.39. The van der Waals surface area contributed by atoms with E-state index < -0.39 is 0 Å². The highest BCUT2D eigenvalue weighted by molar-refractivity contribution is 7.98. The maximum Gasteiger partial charge on any atom is 0.0200 e.